The molecule has 1 rings (SSSR count). The second-order valence-corrected chi connectivity index (χ2v) is 7.46. The van der Waals surface area contributed by atoms with E-state index in [1.807, 2.05) is 0 Å². The fourth-order valence-corrected chi connectivity index (χ4v) is 3.58. The summed E-state index contributed by atoms with van der Waals surface area (Å²) in [7, 11) is -3.97. The largest absolute Gasteiger partial charge is 0.480 e. The third kappa shape index (κ3) is 4.69. The first kappa shape index (κ1) is 17.4. The van der Waals surface area contributed by atoms with Crippen molar-refractivity contribution >= 4 is 27.6 Å². The van der Waals surface area contributed by atoms with Crippen LogP contribution in [0.1, 0.15) is 26.7 Å². The number of rotatable bonds is 6. The minimum absolute atomic E-state index is 0.514. The van der Waals surface area contributed by atoms with Crippen LogP contribution >= 0.6 is 0 Å². The van der Waals surface area contributed by atoms with Crippen LogP contribution in [0.2, 0.25) is 0 Å². The Balaban J connectivity index is 2.80. The molecule has 2 N–H and O–H groups in total. The first-order valence-electron chi connectivity index (χ1n) is 6.65. The van der Waals surface area contributed by atoms with Crippen molar-refractivity contribution in [2.24, 2.45) is 0 Å². The zero-order chi connectivity index (χ0) is 16.2. The van der Waals surface area contributed by atoms with Crippen molar-refractivity contribution in [1.29, 1.82) is 0 Å². The van der Waals surface area contributed by atoms with Crippen LogP contribution in [0.15, 0.2) is 0 Å². The molecule has 1 saturated heterocycles. The average molecular weight is 320 g/mol. The highest BCUT2D eigenvalue weighted by Crippen LogP contribution is 2.14. The molecule has 120 valence electrons. The quantitative estimate of drug-likeness (QED) is 0.647. The molecular weight excluding hydrogens is 300 g/mol. The number of carbonyl (C=O) groups is 3. The maximum atomic E-state index is 12.2. The first-order valence-corrected chi connectivity index (χ1v) is 8.37. The number of carbonyl (C=O) groups excluding carboxylic acids is 2. The molecule has 2 amide bonds. The van der Waals surface area contributed by atoms with Crippen LogP contribution in [0.3, 0.4) is 0 Å². The number of likely N-dealkylation sites (tertiary alicyclic amines) is 1. The van der Waals surface area contributed by atoms with Gasteiger partial charge in [-0.15, -0.1) is 0 Å². The molecule has 8 nitrogen and oxygen atoms in total. The number of hydrogen-bond donors (Lipinski definition) is 2. The fraction of sp³-hybridized carbons (Fsp3) is 0.750. The molecule has 2 atom stereocenters. The summed E-state index contributed by atoms with van der Waals surface area (Å²) in [5.74, 6) is -3.41. The summed E-state index contributed by atoms with van der Waals surface area (Å²) in [4.78, 5) is 35.4. The van der Waals surface area contributed by atoms with E-state index in [9.17, 15) is 22.8 Å². The van der Waals surface area contributed by atoms with E-state index in [2.05, 4.69) is 5.32 Å². The monoisotopic (exact) mass is 320 g/mol. The molecule has 0 saturated carbocycles. The van der Waals surface area contributed by atoms with Crippen molar-refractivity contribution in [2.75, 3.05) is 18.8 Å². The molecule has 0 radical (unpaired) electrons. The molecule has 0 spiro atoms. The van der Waals surface area contributed by atoms with Gasteiger partial charge in [0.05, 0.1) is 5.75 Å². The summed E-state index contributed by atoms with van der Waals surface area (Å²) in [5, 5.41) is 9.69. The average Bonchev–Trinajstić information content (AvgIpc) is 2.89. The van der Waals surface area contributed by atoms with Crippen molar-refractivity contribution in [2.45, 2.75) is 38.0 Å². The molecule has 1 aliphatic heterocycles. The standard InChI is InChI=1S/C12H20N2O6S/c1-8(11(16)14-5-3-4-6-14)21(19,20)7-10(12(17)18)13-9(2)15/h8,10H,3-7H2,1-2H3,(H,13,15)(H,17,18)/t8?,10-/m0/s1. The van der Waals surface area contributed by atoms with Crippen LogP contribution in [0.4, 0.5) is 0 Å². The van der Waals surface area contributed by atoms with Crippen LogP contribution in [-0.2, 0) is 24.2 Å². The summed E-state index contributed by atoms with van der Waals surface area (Å²) in [5.41, 5.74) is 0. The maximum absolute atomic E-state index is 12.2. The number of aliphatic carboxylic acids is 1. The molecule has 1 fully saturated rings. The Morgan fingerprint density at radius 3 is 2.19 bits per heavy atom. The second kappa shape index (κ2) is 6.88. The Hall–Kier alpha value is -1.64. The predicted molar refractivity (Wildman–Crippen MR) is 74.3 cm³/mol. The van der Waals surface area contributed by atoms with Gasteiger partial charge in [-0.3, -0.25) is 9.59 Å². The minimum atomic E-state index is -3.97. The number of amides is 2. The maximum Gasteiger partial charge on any atom is 0.327 e. The van der Waals surface area contributed by atoms with Gasteiger partial charge < -0.3 is 15.3 Å². The van der Waals surface area contributed by atoms with Gasteiger partial charge in [0.1, 0.15) is 11.3 Å². The van der Waals surface area contributed by atoms with Gasteiger partial charge in [0, 0.05) is 20.0 Å². The van der Waals surface area contributed by atoms with Crippen LogP contribution in [0.25, 0.3) is 0 Å². The van der Waals surface area contributed by atoms with Crippen LogP contribution in [-0.4, -0.2) is 66.3 Å². The molecule has 1 unspecified atom stereocenters. The zero-order valence-electron chi connectivity index (χ0n) is 12.0. The molecule has 0 aromatic carbocycles. The van der Waals surface area contributed by atoms with E-state index in [0.717, 1.165) is 19.8 Å². The number of nitrogens with zero attached hydrogens (tertiary/aromatic N) is 1. The van der Waals surface area contributed by atoms with E-state index < -0.39 is 44.7 Å². The van der Waals surface area contributed by atoms with E-state index in [1.165, 1.54) is 11.8 Å². The van der Waals surface area contributed by atoms with Gasteiger partial charge in [0.2, 0.25) is 11.8 Å². The number of nitrogens with one attached hydrogen (secondary N) is 1. The van der Waals surface area contributed by atoms with Gasteiger partial charge in [-0.1, -0.05) is 0 Å². The number of carboxylic acids is 1. The van der Waals surface area contributed by atoms with Crippen molar-refractivity contribution in [3.05, 3.63) is 0 Å². The molecular formula is C12H20N2O6S. The summed E-state index contributed by atoms with van der Waals surface area (Å²) >= 11 is 0. The van der Waals surface area contributed by atoms with E-state index >= 15 is 0 Å². The highest BCUT2D eigenvalue weighted by molar-refractivity contribution is 7.92. The van der Waals surface area contributed by atoms with Crippen LogP contribution < -0.4 is 5.32 Å². The third-order valence-corrected chi connectivity index (χ3v) is 5.46. The Bertz CT molecular complexity index is 524. The topological polar surface area (TPSA) is 121 Å². The smallest absolute Gasteiger partial charge is 0.327 e. The molecule has 1 heterocycles. The Morgan fingerprint density at radius 2 is 1.76 bits per heavy atom. The molecule has 0 aromatic rings. The lowest BCUT2D eigenvalue weighted by molar-refractivity contribution is -0.140. The lowest BCUT2D eigenvalue weighted by atomic mass is 10.3. The fourth-order valence-electron chi connectivity index (χ4n) is 2.14. The second-order valence-electron chi connectivity index (χ2n) is 5.10. The zero-order valence-corrected chi connectivity index (χ0v) is 12.9. The Kier molecular flexibility index (Phi) is 5.70. The molecule has 9 heteroatoms. The summed E-state index contributed by atoms with van der Waals surface area (Å²) in [6.45, 7) is 3.39. The van der Waals surface area contributed by atoms with Crippen molar-refractivity contribution in [3.63, 3.8) is 0 Å². The number of carboxylic acid groups (broad SMARTS) is 1. The van der Waals surface area contributed by atoms with E-state index in [4.69, 9.17) is 5.11 Å². The minimum Gasteiger partial charge on any atom is -0.480 e. The SMILES string of the molecule is CC(=O)N[C@@H](CS(=O)(=O)C(C)C(=O)N1CCCC1)C(=O)O. The molecule has 1 aliphatic rings. The van der Waals surface area contributed by atoms with Crippen molar-refractivity contribution in [3.8, 4) is 0 Å². The van der Waals surface area contributed by atoms with Gasteiger partial charge in [-0.25, -0.2) is 13.2 Å². The molecule has 0 aromatic heterocycles. The third-order valence-electron chi connectivity index (χ3n) is 3.38. The van der Waals surface area contributed by atoms with Crippen molar-refractivity contribution < 1.29 is 27.9 Å². The molecule has 0 aliphatic carbocycles. The van der Waals surface area contributed by atoms with Gasteiger partial charge in [-0.05, 0) is 19.8 Å². The molecule has 21 heavy (non-hydrogen) atoms. The van der Waals surface area contributed by atoms with Gasteiger partial charge in [0.25, 0.3) is 0 Å². The van der Waals surface area contributed by atoms with Gasteiger partial charge >= 0.3 is 5.97 Å². The summed E-state index contributed by atoms with van der Waals surface area (Å²) < 4.78 is 24.3. The highest BCUT2D eigenvalue weighted by atomic mass is 32.2. The number of sulfone groups is 1. The predicted octanol–water partition coefficient (Wildman–Crippen LogP) is -0.999. The van der Waals surface area contributed by atoms with E-state index in [-0.39, 0.29) is 0 Å². The van der Waals surface area contributed by atoms with Crippen molar-refractivity contribution in [1.82, 2.24) is 10.2 Å². The van der Waals surface area contributed by atoms with E-state index in [1.54, 1.807) is 0 Å². The first-order chi connectivity index (χ1) is 9.65. The van der Waals surface area contributed by atoms with Crippen LogP contribution in [0, 0.1) is 0 Å². The van der Waals surface area contributed by atoms with E-state index in [0.29, 0.717) is 13.1 Å². The molecule has 0 bridgehead atoms. The van der Waals surface area contributed by atoms with Gasteiger partial charge in [-0.2, -0.15) is 0 Å². The lowest BCUT2D eigenvalue weighted by Gasteiger charge is -2.22. The summed E-state index contributed by atoms with van der Waals surface area (Å²) in [6.07, 6.45) is 1.67. The highest BCUT2D eigenvalue weighted by Gasteiger charge is 2.36. The normalized spacial score (nSPS) is 18.1. The Morgan fingerprint density at radius 1 is 1.24 bits per heavy atom. The summed E-state index contributed by atoms with van der Waals surface area (Å²) in [6, 6.07) is -1.55. The lowest BCUT2D eigenvalue weighted by Crippen LogP contribution is -2.48. The number of hydrogen-bond acceptors (Lipinski definition) is 5. The van der Waals surface area contributed by atoms with Crippen LogP contribution in [0.5, 0.6) is 0 Å². The van der Waals surface area contributed by atoms with Gasteiger partial charge in [0.15, 0.2) is 9.84 Å². The Labute approximate surface area is 123 Å².